The van der Waals surface area contributed by atoms with Crippen LogP contribution in [-0.4, -0.2) is 25.7 Å². The standard InChI is InChI=1S/C19H23NO3/c1-4-22-11-12-23-18-8-6-5-7-16(18)19(21)20-17-13-14(2)9-10-15(17)3/h5-10,13H,4,11-12H2,1-3H3,(H,20,21). The smallest absolute Gasteiger partial charge is 0.259 e. The van der Waals surface area contributed by atoms with Crippen LogP contribution in [0.2, 0.25) is 0 Å². The van der Waals surface area contributed by atoms with E-state index in [1.165, 1.54) is 0 Å². The topological polar surface area (TPSA) is 47.6 Å². The quantitative estimate of drug-likeness (QED) is 0.787. The first-order chi connectivity index (χ1) is 11.1. The van der Waals surface area contributed by atoms with Crippen molar-refractivity contribution in [2.75, 3.05) is 25.1 Å². The van der Waals surface area contributed by atoms with E-state index in [0.717, 1.165) is 16.8 Å². The van der Waals surface area contributed by atoms with Crippen molar-refractivity contribution in [3.05, 3.63) is 59.2 Å². The summed E-state index contributed by atoms with van der Waals surface area (Å²) in [6.45, 7) is 7.48. The minimum atomic E-state index is -0.175. The number of amides is 1. The van der Waals surface area contributed by atoms with Crippen LogP contribution in [0.3, 0.4) is 0 Å². The number of aryl methyl sites for hydroxylation is 2. The van der Waals surface area contributed by atoms with Gasteiger partial charge in [0.1, 0.15) is 12.4 Å². The van der Waals surface area contributed by atoms with Crippen molar-refractivity contribution in [2.45, 2.75) is 20.8 Å². The molecule has 23 heavy (non-hydrogen) atoms. The van der Waals surface area contributed by atoms with Gasteiger partial charge in [0.2, 0.25) is 0 Å². The molecule has 0 aliphatic heterocycles. The number of benzene rings is 2. The van der Waals surface area contributed by atoms with E-state index >= 15 is 0 Å². The minimum Gasteiger partial charge on any atom is -0.490 e. The molecule has 0 aliphatic rings. The molecule has 0 fully saturated rings. The van der Waals surface area contributed by atoms with Gasteiger partial charge in [0.05, 0.1) is 12.2 Å². The zero-order valence-electron chi connectivity index (χ0n) is 13.9. The van der Waals surface area contributed by atoms with Crippen LogP contribution in [0, 0.1) is 13.8 Å². The van der Waals surface area contributed by atoms with E-state index in [9.17, 15) is 4.79 Å². The highest BCUT2D eigenvalue weighted by Crippen LogP contribution is 2.22. The molecule has 122 valence electrons. The van der Waals surface area contributed by atoms with E-state index < -0.39 is 0 Å². The van der Waals surface area contributed by atoms with Gasteiger partial charge in [-0.2, -0.15) is 0 Å². The van der Waals surface area contributed by atoms with Gasteiger partial charge < -0.3 is 14.8 Å². The molecule has 2 aromatic rings. The van der Waals surface area contributed by atoms with Crippen LogP contribution >= 0.6 is 0 Å². The highest BCUT2D eigenvalue weighted by molar-refractivity contribution is 6.06. The number of hydrogen-bond acceptors (Lipinski definition) is 3. The van der Waals surface area contributed by atoms with Crippen molar-refractivity contribution in [1.29, 1.82) is 0 Å². The number of para-hydroxylation sites is 1. The summed E-state index contributed by atoms with van der Waals surface area (Å²) in [5, 5.41) is 2.96. The third kappa shape index (κ3) is 4.83. The van der Waals surface area contributed by atoms with Crippen LogP contribution in [0.25, 0.3) is 0 Å². The Morgan fingerprint density at radius 3 is 2.65 bits per heavy atom. The molecule has 0 spiro atoms. The average Bonchev–Trinajstić information content (AvgIpc) is 2.55. The Kier molecular flexibility index (Phi) is 6.18. The Morgan fingerprint density at radius 1 is 1.09 bits per heavy atom. The summed E-state index contributed by atoms with van der Waals surface area (Å²) < 4.78 is 10.9. The van der Waals surface area contributed by atoms with Crippen molar-refractivity contribution < 1.29 is 14.3 Å². The third-order valence-corrected chi connectivity index (χ3v) is 3.46. The molecule has 0 radical (unpaired) electrons. The fraction of sp³-hybridized carbons (Fsp3) is 0.316. The molecule has 0 aliphatic carbocycles. The SMILES string of the molecule is CCOCCOc1ccccc1C(=O)Nc1cc(C)ccc1C. The van der Waals surface area contributed by atoms with Crippen LogP contribution in [-0.2, 0) is 4.74 Å². The number of anilines is 1. The van der Waals surface area contributed by atoms with Gasteiger partial charge >= 0.3 is 0 Å². The zero-order valence-corrected chi connectivity index (χ0v) is 13.9. The summed E-state index contributed by atoms with van der Waals surface area (Å²) in [6.07, 6.45) is 0. The van der Waals surface area contributed by atoms with E-state index in [-0.39, 0.29) is 5.91 Å². The number of carbonyl (C=O) groups excluding carboxylic acids is 1. The van der Waals surface area contributed by atoms with Crippen LogP contribution in [0.5, 0.6) is 5.75 Å². The fourth-order valence-electron chi connectivity index (χ4n) is 2.20. The molecule has 0 saturated carbocycles. The highest BCUT2D eigenvalue weighted by Gasteiger charge is 2.13. The number of hydrogen-bond donors (Lipinski definition) is 1. The van der Waals surface area contributed by atoms with Crippen LogP contribution in [0.4, 0.5) is 5.69 Å². The first kappa shape index (κ1) is 17.0. The molecule has 0 unspecified atom stereocenters. The second-order valence-electron chi connectivity index (χ2n) is 5.31. The summed E-state index contributed by atoms with van der Waals surface area (Å²) in [6, 6.07) is 13.2. The number of nitrogens with one attached hydrogen (secondary N) is 1. The molecule has 0 aromatic heterocycles. The van der Waals surface area contributed by atoms with Crippen molar-refractivity contribution in [3.8, 4) is 5.75 Å². The molecule has 0 atom stereocenters. The van der Waals surface area contributed by atoms with E-state index in [1.54, 1.807) is 12.1 Å². The van der Waals surface area contributed by atoms with Crippen molar-refractivity contribution in [3.63, 3.8) is 0 Å². The largest absolute Gasteiger partial charge is 0.490 e. The molecule has 4 heteroatoms. The lowest BCUT2D eigenvalue weighted by Crippen LogP contribution is -2.15. The summed E-state index contributed by atoms with van der Waals surface area (Å²) in [7, 11) is 0. The molecule has 2 aromatic carbocycles. The van der Waals surface area contributed by atoms with Gasteiger partial charge in [-0.25, -0.2) is 0 Å². The van der Waals surface area contributed by atoms with Crippen LogP contribution in [0.1, 0.15) is 28.4 Å². The summed E-state index contributed by atoms with van der Waals surface area (Å²) in [4.78, 5) is 12.6. The van der Waals surface area contributed by atoms with Gasteiger partial charge in [0, 0.05) is 12.3 Å². The van der Waals surface area contributed by atoms with Crippen molar-refractivity contribution >= 4 is 11.6 Å². The summed E-state index contributed by atoms with van der Waals surface area (Å²) in [5.74, 6) is 0.390. The lowest BCUT2D eigenvalue weighted by Gasteiger charge is -2.13. The van der Waals surface area contributed by atoms with E-state index in [2.05, 4.69) is 5.32 Å². The monoisotopic (exact) mass is 313 g/mol. The fourth-order valence-corrected chi connectivity index (χ4v) is 2.20. The third-order valence-electron chi connectivity index (χ3n) is 3.46. The molecule has 0 saturated heterocycles. The maximum Gasteiger partial charge on any atom is 0.259 e. The number of rotatable bonds is 7. The van der Waals surface area contributed by atoms with Gasteiger partial charge in [-0.05, 0) is 50.1 Å². The first-order valence-electron chi connectivity index (χ1n) is 7.80. The molecule has 0 heterocycles. The van der Waals surface area contributed by atoms with Gasteiger partial charge in [-0.15, -0.1) is 0 Å². The summed E-state index contributed by atoms with van der Waals surface area (Å²) >= 11 is 0. The lowest BCUT2D eigenvalue weighted by molar-refractivity contribution is 0.0998. The van der Waals surface area contributed by atoms with Gasteiger partial charge in [0.15, 0.2) is 0 Å². The molecule has 2 rings (SSSR count). The Bertz CT molecular complexity index is 667. The molecular weight excluding hydrogens is 290 g/mol. The Labute approximate surface area is 137 Å². The van der Waals surface area contributed by atoms with Crippen LogP contribution in [0.15, 0.2) is 42.5 Å². The second kappa shape index (κ2) is 8.34. The highest BCUT2D eigenvalue weighted by atomic mass is 16.5. The maximum absolute atomic E-state index is 12.6. The lowest BCUT2D eigenvalue weighted by atomic mass is 10.1. The molecule has 1 N–H and O–H groups in total. The molecule has 1 amide bonds. The minimum absolute atomic E-state index is 0.175. The molecular formula is C19H23NO3. The van der Waals surface area contributed by atoms with Crippen molar-refractivity contribution in [2.24, 2.45) is 0 Å². The number of ether oxygens (including phenoxy) is 2. The summed E-state index contributed by atoms with van der Waals surface area (Å²) in [5.41, 5.74) is 3.47. The van der Waals surface area contributed by atoms with E-state index in [4.69, 9.17) is 9.47 Å². The average molecular weight is 313 g/mol. The molecule has 4 nitrogen and oxygen atoms in total. The Morgan fingerprint density at radius 2 is 1.87 bits per heavy atom. The first-order valence-corrected chi connectivity index (χ1v) is 7.80. The van der Waals surface area contributed by atoms with Gasteiger partial charge in [-0.1, -0.05) is 24.3 Å². The Balaban J connectivity index is 2.11. The van der Waals surface area contributed by atoms with Crippen molar-refractivity contribution in [1.82, 2.24) is 0 Å². The van der Waals surface area contributed by atoms with E-state index in [0.29, 0.717) is 31.1 Å². The second-order valence-corrected chi connectivity index (χ2v) is 5.31. The molecule has 0 bridgehead atoms. The normalized spacial score (nSPS) is 10.4. The van der Waals surface area contributed by atoms with Crippen LogP contribution < -0.4 is 10.1 Å². The predicted octanol–water partition coefficient (Wildman–Crippen LogP) is 3.97. The maximum atomic E-state index is 12.6. The predicted molar refractivity (Wildman–Crippen MR) is 92.3 cm³/mol. The van der Waals surface area contributed by atoms with E-state index in [1.807, 2.05) is 51.1 Å². The van der Waals surface area contributed by atoms with Gasteiger partial charge in [-0.3, -0.25) is 4.79 Å². The number of carbonyl (C=O) groups is 1. The zero-order chi connectivity index (χ0) is 16.7. The van der Waals surface area contributed by atoms with Gasteiger partial charge in [0.25, 0.3) is 5.91 Å². The Hall–Kier alpha value is -2.33.